The van der Waals surface area contributed by atoms with Gasteiger partial charge in [-0.1, -0.05) is 67.1 Å². The number of imide groups is 1. The van der Waals surface area contributed by atoms with Crippen LogP contribution in [0.3, 0.4) is 0 Å². The molecule has 0 spiro atoms. The van der Waals surface area contributed by atoms with E-state index in [1.807, 2.05) is 36.4 Å². The normalized spacial score (nSPS) is 17.1. The van der Waals surface area contributed by atoms with E-state index in [-0.39, 0.29) is 73.7 Å². The third-order valence-electron chi connectivity index (χ3n) is 16.0. The monoisotopic (exact) mass is 1220 g/mol. The van der Waals surface area contributed by atoms with Crippen molar-refractivity contribution in [3.8, 4) is 5.75 Å². The van der Waals surface area contributed by atoms with Gasteiger partial charge in [0.15, 0.2) is 6.40 Å². The van der Waals surface area contributed by atoms with E-state index in [0.717, 1.165) is 39.4 Å². The van der Waals surface area contributed by atoms with Gasteiger partial charge >= 0.3 is 13.9 Å². The Hall–Kier alpha value is -7.59. The highest BCUT2D eigenvalue weighted by Gasteiger charge is 2.51. The summed E-state index contributed by atoms with van der Waals surface area (Å²) < 4.78 is 22.8. The zero-order valence-electron chi connectivity index (χ0n) is 46.6. The van der Waals surface area contributed by atoms with Gasteiger partial charge in [0, 0.05) is 115 Å². The van der Waals surface area contributed by atoms with E-state index in [2.05, 4.69) is 31.6 Å². The fourth-order valence-corrected chi connectivity index (χ4v) is 12.5. The molecular weight excluding hydrogens is 1160 g/mol. The van der Waals surface area contributed by atoms with Gasteiger partial charge < -0.3 is 39.8 Å². The molecule has 9 rings (SSSR count). The van der Waals surface area contributed by atoms with Crippen molar-refractivity contribution in [1.29, 1.82) is 5.41 Å². The Morgan fingerprint density at radius 3 is 2.08 bits per heavy atom. The van der Waals surface area contributed by atoms with Crippen LogP contribution in [0.1, 0.15) is 99.2 Å². The van der Waals surface area contributed by atoms with Crippen LogP contribution in [0.25, 0.3) is 21.5 Å². The van der Waals surface area contributed by atoms with E-state index in [4.69, 9.17) is 42.7 Å². The van der Waals surface area contributed by atoms with Crippen molar-refractivity contribution in [2.45, 2.75) is 95.1 Å². The fourth-order valence-electron chi connectivity index (χ4n) is 11.6. The molecule has 3 heterocycles. The lowest BCUT2D eigenvalue weighted by molar-refractivity contribution is -0.151. The second-order valence-electron chi connectivity index (χ2n) is 21.5. The minimum atomic E-state index is -4.86. The van der Waals surface area contributed by atoms with E-state index < -0.39 is 43.1 Å². The lowest BCUT2D eigenvalue weighted by Crippen LogP contribution is -2.58. The van der Waals surface area contributed by atoms with E-state index in [1.54, 1.807) is 53.4 Å². The molecule has 4 aliphatic rings. The summed E-state index contributed by atoms with van der Waals surface area (Å²) in [6, 6.07) is 23.9. The summed E-state index contributed by atoms with van der Waals surface area (Å²) in [5.74, 6) is -1.86. The molecule has 1 fully saturated rings. The molecule has 5 aromatic carbocycles. The summed E-state index contributed by atoms with van der Waals surface area (Å²) in [5.41, 5.74) is 5.98. The average Bonchev–Trinajstić information content (AvgIpc) is 2.27. The van der Waals surface area contributed by atoms with Crippen molar-refractivity contribution in [3.05, 3.63) is 114 Å². The second kappa shape index (κ2) is 28.1. The van der Waals surface area contributed by atoms with Crippen LogP contribution < -0.4 is 41.1 Å². The molecule has 0 unspecified atom stereocenters. The standard InChI is InChI=1S/C60H68Cl2N9O13P/c61-32-39-34-69(48-31-50(84-85(79,80)81)43-13-3-5-15-45(43)54(39)48)28-9-6-17-51(72)71-35-40(33-62)55-44-14-4-2-12-42(44)47(30-49(55)71)68-59(78)82-36-38-18-20-41(21-19-38)66-56(75)46(16-10-27-65-83-37-63)67-58(77)60(24-11-25-60)57(76)64-26-7-1-8-29-70-52(73)22-23-53(70)74/h2-5,12-15,18-23,30-31,37,39-40,46,63,65H,1,6-11,16-17,24-29,32-36H2,(H,64,76)(H,66,75)(H,67,77)(H,68,78)(H2,79,80,81)/t39-,40-,46+/m1/s1. The molecule has 1 aliphatic carbocycles. The van der Waals surface area contributed by atoms with Crippen LogP contribution in [0.4, 0.5) is 27.5 Å². The van der Waals surface area contributed by atoms with Crippen LogP contribution in [0, 0.1) is 10.8 Å². The molecule has 8 N–H and O–H groups in total. The lowest BCUT2D eigenvalue weighted by atomic mass is 9.67. The number of hydroxylamine groups is 1. The summed E-state index contributed by atoms with van der Waals surface area (Å²) in [6.45, 7) is 2.19. The van der Waals surface area contributed by atoms with Gasteiger partial charge in [0.05, 0.1) is 5.69 Å². The topological polar surface area (TPSA) is 298 Å². The molecule has 5 aromatic rings. The van der Waals surface area contributed by atoms with Gasteiger partial charge in [-0.05, 0) is 103 Å². The molecule has 0 radical (unpaired) electrons. The molecule has 1 saturated carbocycles. The molecule has 0 bridgehead atoms. The van der Waals surface area contributed by atoms with E-state index >= 15 is 0 Å². The maximum atomic E-state index is 14.2. The van der Waals surface area contributed by atoms with Crippen LogP contribution in [0.15, 0.2) is 97.1 Å². The zero-order valence-corrected chi connectivity index (χ0v) is 49.0. The zero-order chi connectivity index (χ0) is 60.3. The number of amides is 7. The molecule has 0 saturated heterocycles. The Morgan fingerprint density at radius 2 is 1.41 bits per heavy atom. The number of alkyl halides is 2. The number of benzene rings is 5. The average molecular weight is 1230 g/mol. The van der Waals surface area contributed by atoms with Crippen molar-refractivity contribution >= 4 is 123 Å². The first kappa shape index (κ1) is 62.0. The first-order chi connectivity index (χ1) is 41.0. The third-order valence-corrected chi connectivity index (χ3v) is 17.2. The number of carbonyl (C=O) groups is 7. The van der Waals surface area contributed by atoms with Gasteiger partial charge in [-0.2, -0.15) is 5.48 Å². The Kier molecular flexibility index (Phi) is 20.5. The van der Waals surface area contributed by atoms with Crippen LogP contribution in [0.5, 0.6) is 5.75 Å². The minimum Gasteiger partial charge on any atom is -0.444 e. The largest absolute Gasteiger partial charge is 0.524 e. The molecule has 0 aromatic heterocycles. The van der Waals surface area contributed by atoms with E-state index in [9.17, 15) is 47.9 Å². The number of rotatable bonds is 29. The Balaban J connectivity index is 0.786. The Bertz CT molecular complexity index is 3420. The smallest absolute Gasteiger partial charge is 0.444 e. The Labute approximate surface area is 500 Å². The number of ether oxygens (including phenoxy) is 1. The van der Waals surface area contributed by atoms with Crippen molar-refractivity contribution in [3.63, 3.8) is 0 Å². The second-order valence-corrected chi connectivity index (χ2v) is 23.3. The van der Waals surface area contributed by atoms with Gasteiger partial charge in [0.1, 0.15) is 23.8 Å². The maximum absolute atomic E-state index is 14.2. The first-order valence-corrected chi connectivity index (χ1v) is 31.0. The van der Waals surface area contributed by atoms with Gasteiger partial charge in [0.25, 0.3) is 11.8 Å². The van der Waals surface area contributed by atoms with Crippen LogP contribution in [0.2, 0.25) is 0 Å². The molecular formula is C60H68Cl2N9O13P. The number of phosphoric acid groups is 1. The maximum Gasteiger partial charge on any atom is 0.524 e. The summed E-state index contributed by atoms with van der Waals surface area (Å²) in [4.78, 5) is 122. The van der Waals surface area contributed by atoms with Crippen LogP contribution in [-0.2, 0) is 49.5 Å². The fraction of sp³-hybridized carbons (Fsp3) is 0.400. The number of unbranched alkanes of at least 4 members (excludes halogenated alkanes) is 3. The highest BCUT2D eigenvalue weighted by atomic mass is 35.5. The van der Waals surface area contributed by atoms with Crippen molar-refractivity contribution in [2.75, 3.05) is 71.5 Å². The molecule has 450 valence electrons. The summed E-state index contributed by atoms with van der Waals surface area (Å²) in [6.07, 6.45) is 7.40. The number of halogens is 2. The summed E-state index contributed by atoms with van der Waals surface area (Å²) in [7, 11) is -4.86. The van der Waals surface area contributed by atoms with Crippen molar-refractivity contribution in [1.82, 2.24) is 21.0 Å². The molecule has 85 heavy (non-hydrogen) atoms. The quantitative estimate of drug-likeness (QED) is 0.00325. The SMILES string of the molecule is N=CONCCC[C@H](NC(=O)C1(C(=O)NCCCCCN2C(=O)C=CC2=O)CCC1)C(=O)Nc1ccc(COC(=O)Nc2cc3c(c4ccccc24)[C@H](CCl)CN3C(=O)CCCCN2C[C@@H](CCl)c3c2cc(OP(=O)(O)O)c2ccccc32)cc1. The number of carbonyl (C=O) groups excluding carboxylic acids is 7. The number of nitrogens with one attached hydrogen (secondary N) is 6. The molecule has 25 heteroatoms. The number of anilines is 4. The van der Waals surface area contributed by atoms with Crippen molar-refractivity contribution in [2.24, 2.45) is 5.41 Å². The Morgan fingerprint density at radius 1 is 0.753 bits per heavy atom. The molecule has 3 aliphatic heterocycles. The first-order valence-electron chi connectivity index (χ1n) is 28.4. The third kappa shape index (κ3) is 14.6. The van der Waals surface area contributed by atoms with E-state index in [0.29, 0.717) is 118 Å². The van der Waals surface area contributed by atoms with Gasteiger partial charge in [0.2, 0.25) is 23.6 Å². The van der Waals surface area contributed by atoms with Gasteiger partial charge in [-0.15, -0.1) is 23.2 Å². The summed E-state index contributed by atoms with van der Waals surface area (Å²) >= 11 is 13.1. The predicted molar refractivity (Wildman–Crippen MR) is 323 cm³/mol. The number of hydrogen-bond donors (Lipinski definition) is 8. The molecule has 7 amide bonds. The number of nitrogens with zero attached hydrogens (tertiary/aromatic N) is 3. The van der Waals surface area contributed by atoms with Gasteiger partial charge in [-0.25, -0.2) is 9.36 Å². The highest BCUT2D eigenvalue weighted by molar-refractivity contribution is 7.46. The minimum absolute atomic E-state index is 0.0333. The number of phosphoric ester groups is 1. The summed E-state index contributed by atoms with van der Waals surface area (Å²) in [5, 5.41) is 21.5. The molecule has 22 nitrogen and oxygen atoms in total. The number of fused-ring (bicyclic) bond motifs is 6. The van der Waals surface area contributed by atoms with Crippen molar-refractivity contribution < 1.29 is 62.0 Å². The van der Waals surface area contributed by atoms with Crippen LogP contribution >= 0.6 is 31.0 Å². The van der Waals surface area contributed by atoms with Gasteiger partial charge in [-0.3, -0.25) is 54.2 Å². The van der Waals surface area contributed by atoms with E-state index in [1.165, 1.54) is 17.1 Å². The predicted octanol–water partition coefficient (Wildman–Crippen LogP) is 8.61. The highest BCUT2D eigenvalue weighted by Crippen LogP contribution is 2.50. The lowest BCUT2D eigenvalue weighted by Gasteiger charge is -2.39. The van der Waals surface area contributed by atoms with Crippen LogP contribution in [-0.4, -0.2) is 120 Å². The number of hydrogen-bond acceptors (Lipinski definition) is 14. The molecule has 3 atom stereocenters.